The lowest BCUT2D eigenvalue weighted by atomic mass is 10.2. The number of benzene rings is 2. The summed E-state index contributed by atoms with van der Waals surface area (Å²) in [6.45, 7) is 0. The molecule has 2 aromatic rings. The smallest absolute Gasteiger partial charge is 0.289 e. The molecule has 0 aliphatic carbocycles. The topological polar surface area (TPSA) is 92.5 Å². The Bertz CT molecular complexity index is 783. The van der Waals surface area contributed by atoms with E-state index in [2.05, 4.69) is 5.32 Å². The van der Waals surface area contributed by atoms with Gasteiger partial charge in [-0.1, -0.05) is 11.6 Å². The van der Waals surface area contributed by atoms with Crippen molar-refractivity contribution in [3.8, 4) is 5.75 Å². The largest absolute Gasteiger partial charge is 0.506 e. The van der Waals surface area contributed by atoms with Crippen molar-refractivity contribution in [1.29, 1.82) is 0 Å². The van der Waals surface area contributed by atoms with Crippen molar-refractivity contribution in [2.45, 2.75) is 0 Å². The van der Waals surface area contributed by atoms with Crippen LogP contribution in [0.3, 0.4) is 0 Å². The number of nitrogens with zero attached hydrogens (tertiary/aromatic N) is 1. The number of nitro groups is 1. The lowest BCUT2D eigenvalue weighted by molar-refractivity contribution is -0.384. The number of aromatic hydroxyl groups is 1. The van der Waals surface area contributed by atoms with Crippen LogP contribution in [0.2, 0.25) is 5.02 Å². The average Bonchev–Trinajstić information content (AvgIpc) is 2.44. The summed E-state index contributed by atoms with van der Waals surface area (Å²) in [5, 5.41) is 23.3. The molecule has 0 unspecified atom stereocenters. The zero-order valence-corrected chi connectivity index (χ0v) is 15.7. The third-order valence-electron chi connectivity index (χ3n) is 2.67. The van der Waals surface area contributed by atoms with Crippen LogP contribution in [0, 0.1) is 17.3 Å². The van der Waals surface area contributed by atoms with E-state index in [0.717, 1.165) is 9.64 Å². The van der Waals surface area contributed by atoms with Crippen LogP contribution < -0.4 is 5.32 Å². The molecule has 0 fully saturated rings. The first-order chi connectivity index (χ1) is 10.3. The van der Waals surface area contributed by atoms with Gasteiger partial charge in [-0.2, -0.15) is 0 Å². The molecular weight excluding hydrogens is 537 g/mol. The summed E-state index contributed by atoms with van der Waals surface area (Å²) >= 11 is 9.66. The number of amides is 1. The summed E-state index contributed by atoms with van der Waals surface area (Å²) in [4.78, 5) is 22.4. The minimum absolute atomic E-state index is 0.0188. The first-order valence-corrected chi connectivity index (χ1v) is 8.26. The number of phenolic OH excluding ortho intramolecular Hbond substituents is 1. The molecule has 0 atom stereocenters. The van der Waals surface area contributed by atoms with Gasteiger partial charge in [-0.05, 0) is 69.4 Å². The number of carbonyl (C=O) groups excluding carboxylic acids is 1. The van der Waals surface area contributed by atoms with Crippen LogP contribution in [0.4, 0.5) is 11.4 Å². The van der Waals surface area contributed by atoms with Crippen molar-refractivity contribution in [3.63, 3.8) is 0 Å². The molecule has 0 aliphatic rings. The molecule has 0 radical (unpaired) electrons. The number of nitrogens with one attached hydrogen (secondary N) is 1. The lowest BCUT2D eigenvalue weighted by Gasteiger charge is -2.09. The highest BCUT2D eigenvalue weighted by Gasteiger charge is 2.17. The molecule has 0 saturated heterocycles. The number of carbonyl (C=O) groups is 1. The molecule has 9 heteroatoms. The molecule has 6 nitrogen and oxygen atoms in total. The van der Waals surface area contributed by atoms with E-state index in [9.17, 15) is 20.0 Å². The van der Waals surface area contributed by atoms with Gasteiger partial charge >= 0.3 is 0 Å². The Morgan fingerprint density at radius 2 is 1.95 bits per heavy atom. The predicted molar refractivity (Wildman–Crippen MR) is 99.6 cm³/mol. The van der Waals surface area contributed by atoms with Gasteiger partial charge in [-0.15, -0.1) is 0 Å². The number of phenols is 1. The minimum atomic E-state index is -0.635. The lowest BCUT2D eigenvalue weighted by Crippen LogP contribution is -2.13. The van der Waals surface area contributed by atoms with Gasteiger partial charge in [0.05, 0.1) is 14.1 Å². The Kier molecular flexibility index (Phi) is 5.45. The van der Waals surface area contributed by atoms with Crippen molar-refractivity contribution in [3.05, 3.63) is 58.2 Å². The van der Waals surface area contributed by atoms with Gasteiger partial charge in [0.2, 0.25) is 0 Å². The third kappa shape index (κ3) is 3.79. The van der Waals surface area contributed by atoms with Crippen LogP contribution in [-0.2, 0) is 0 Å². The zero-order valence-electron chi connectivity index (χ0n) is 10.6. The van der Waals surface area contributed by atoms with Crippen LogP contribution in [0.15, 0.2) is 30.3 Å². The zero-order chi connectivity index (χ0) is 16.4. The van der Waals surface area contributed by atoms with Gasteiger partial charge in [0.1, 0.15) is 10.8 Å². The fraction of sp³-hybridized carbons (Fsp3) is 0. The predicted octanol–water partition coefficient (Wildman–Crippen LogP) is 4.42. The fourth-order valence-electron chi connectivity index (χ4n) is 1.67. The van der Waals surface area contributed by atoms with Crippen LogP contribution >= 0.6 is 56.8 Å². The number of nitro benzene ring substituents is 1. The summed E-state index contributed by atoms with van der Waals surface area (Å²) in [5.41, 5.74) is 0.00387. The van der Waals surface area contributed by atoms with Crippen molar-refractivity contribution in [2.75, 3.05) is 5.32 Å². The van der Waals surface area contributed by atoms with Crippen molar-refractivity contribution < 1.29 is 14.8 Å². The summed E-state index contributed by atoms with van der Waals surface area (Å²) in [5.74, 6) is -0.701. The highest BCUT2D eigenvalue weighted by molar-refractivity contribution is 14.1. The highest BCUT2D eigenvalue weighted by atomic mass is 127. The Morgan fingerprint density at radius 1 is 1.27 bits per heavy atom. The molecule has 22 heavy (non-hydrogen) atoms. The monoisotopic (exact) mass is 544 g/mol. The second-order valence-corrected chi connectivity index (χ2v) is 6.98. The molecule has 0 spiro atoms. The molecule has 0 saturated carbocycles. The Balaban J connectivity index is 2.34. The van der Waals surface area contributed by atoms with E-state index in [4.69, 9.17) is 11.6 Å². The SMILES string of the molecule is O=C(Nc1ccc(Cl)c([N+](=O)[O-])c1)c1cc(I)cc(I)c1O. The van der Waals surface area contributed by atoms with Gasteiger partial charge in [0.25, 0.3) is 11.6 Å². The summed E-state index contributed by atoms with van der Waals surface area (Å²) in [6.07, 6.45) is 0. The molecule has 0 aromatic heterocycles. The number of anilines is 1. The molecule has 2 aromatic carbocycles. The van der Waals surface area contributed by atoms with Crippen LogP contribution in [0.25, 0.3) is 0 Å². The Morgan fingerprint density at radius 3 is 2.59 bits per heavy atom. The summed E-state index contributed by atoms with van der Waals surface area (Å²) < 4.78 is 1.32. The van der Waals surface area contributed by atoms with E-state index >= 15 is 0 Å². The molecule has 114 valence electrons. The van der Waals surface area contributed by atoms with Crippen molar-refractivity contribution in [1.82, 2.24) is 0 Å². The maximum atomic E-state index is 12.2. The summed E-state index contributed by atoms with van der Waals surface area (Å²) in [7, 11) is 0. The molecule has 0 bridgehead atoms. The average molecular weight is 544 g/mol. The molecular formula is C13H7ClI2N2O4. The Labute approximate surface area is 157 Å². The van der Waals surface area contributed by atoms with Gasteiger partial charge in [0, 0.05) is 15.3 Å². The van der Waals surface area contributed by atoms with Crippen molar-refractivity contribution in [2.24, 2.45) is 0 Å². The number of rotatable bonds is 3. The first kappa shape index (κ1) is 17.2. The summed E-state index contributed by atoms with van der Waals surface area (Å²) in [6, 6.07) is 7.19. The van der Waals surface area contributed by atoms with Crippen LogP contribution in [0.5, 0.6) is 5.75 Å². The molecule has 2 rings (SSSR count). The maximum Gasteiger partial charge on any atom is 0.289 e. The van der Waals surface area contributed by atoms with Gasteiger partial charge in [-0.25, -0.2) is 0 Å². The van der Waals surface area contributed by atoms with E-state index in [-0.39, 0.29) is 27.7 Å². The van der Waals surface area contributed by atoms with Crippen molar-refractivity contribution >= 4 is 74.1 Å². The van der Waals surface area contributed by atoms with Gasteiger partial charge < -0.3 is 10.4 Å². The number of halogens is 3. The molecule has 2 N–H and O–H groups in total. The minimum Gasteiger partial charge on any atom is -0.506 e. The standard InChI is InChI=1S/C13H7ClI2N2O4/c14-9-2-1-7(5-11(9)18(21)22)17-13(20)8-3-6(15)4-10(16)12(8)19/h1-5,19H,(H,17,20). The van der Waals surface area contributed by atoms with E-state index < -0.39 is 10.8 Å². The molecule has 0 aliphatic heterocycles. The normalized spacial score (nSPS) is 10.3. The number of hydrogen-bond acceptors (Lipinski definition) is 4. The molecule has 0 heterocycles. The van der Waals surface area contributed by atoms with E-state index in [1.165, 1.54) is 18.2 Å². The third-order valence-corrected chi connectivity index (χ3v) is 4.44. The van der Waals surface area contributed by atoms with Crippen LogP contribution in [0.1, 0.15) is 10.4 Å². The maximum absolute atomic E-state index is 12.2. The second-order valence-electron chi connectivity index (χ2n) is 4.16. The molecule has 1 amide bonds. The van der Waals surface area contributed by atoms with Gasteiger partial charge in [0.15, 0.2) is 0 Å². The Hall–Kier alpha value is -1.14. The van der Waals surface area contributed by atoms with Gasteiger partial charge in [-0.3, -0.25) is 14.9 Å². The number of hydrogen-bond donors (Lipinski definition) is 2. The van der Waals surface area contributed by atoms with E-state index in [0.29, 0.717) is 3.57 Å². The fourth-order valence-corrected chi connectivity index (χ4v) is 3.70. The quantitative estimate of drug-likeness (QED) is 0.340. The highest BCUT2D eigenvalue weighted by Crippen LogP contribution is 2.30. The van der Waals surface area contributed by atoms with E-state index in [1.54, 1.807) is 6.07 Å². The van der Waals surface area contributed by atoms with E-state index in [1.807, 2.05) is 45.2 Å². The second kappa shape index (κ2) is 6.96. The van der Waals surface area contributed by atoms with Crippen LogP contribution in [-0.4, -0.2) is 15.9 Å². The first-order valence-electron chi connectivity index (χ1n) is 5.73.